The van der Waals surface area contributed by atoms with E-state index in [1.165, 1.54) is 0 Å². The lowest BCUT2D eigenvalue weighted by atomic mass is 10.2. The van der Waals surface area contributed by atoms with Crippen LogP contribution in [-0.2, 0) is 0 Å². The molecule has 22 heavy (non-hydrogen) atoms. The maximum Gasteiger partial charge on any atom is 0.0998 e. The third kappa shape index (κ3) is 3.80. The first-order valence-corrected chi connectivity index (χ1v) is 7.69. The van der Waals surface area contributed by atoms with Gasteiger partial charge in [-0.15, -0.1) is 5.11 Å². The summed E-state index contributed by atoms with van der Waals surface area (Å²) in [5.41, 5.74) is 3.71. The van der Waals surface area contributed by atoms with Crippen molar-refractivity contribution in [3.63, 3.8) is 0 Å². The standard InChI is InChI=1S/C18H14BrN3/c19-17-8-4-5-9-18(17)22-21-16-12-10-15(11-13-16)20-14-6-2-1-3-7-14/h1-13,20H. The number of halogens is 1. The molecule has 0 unspecified atom stereocenters. The van der Waals surface area contributed by atoms with E-state index in [9.17, 15) is 0 Å². The van der Waals surface area contributed by atoms with Gasteiger partial charge in [-0.1, -0.05) is 30.3 Å². The van der Waals surface area contributed by atoms with Crippen LogP contribution in [0.15, 0.2) is 93.6 Å². The van der Waals surface area contributed by atoms with E-state index in [4.69, 9.17) is 0 Å². The quantitative estimate of drug-likeness (QED) is 0.527. The number of hydrogen-bond acceptors (Lipinski definition) is 3. The van der Waals surface area contributed by atoms with Gasteiger partial charge in [-0.05, 0) is 64.5 Å². The van der Waals surface area contributed by atoms with Crippen molar-refractivity contribution >= 4 is 38.7 Å². The molecule has 0 spiro atoms. The topological polar surface area (TPSA) is 36.8 Å². The Balaban J connectivity index is 1.71. The zero-order valence-electron chi connectivity index (χ0n) is 11.8. The van der Waals surface area contributed by atoms with Gasteiger partial charge in [-0.2, -0.15) is 5.11 Å². The first kappa shape index (κ1) is 14.5. The second kappa shape index (κ2) is 7.00. The summed E-state index contributed by atoms with van der Waals surface area (Å²) in [6, 6.07) is 25.7. The van der Waals surface area contributed by atoms with Crippen molar-refractivity contribution in [1.82, 2.24) is 0 Å². The summed E-state index contributed by atoms with van der Waals surface area (Å²) in [6.45, 7) is 0. The van der Waals surface area contributed by atoms with E-state index >= 15 is 0 Å². The highest BCUT2D eigenvalue weighted by Gasteiger charge is 1.97. The molecule has 0 radical (unpaired) electrons. The molecule has 0 amide bonds. The second-order valence-electron chi connectivity index (χ2n) is 4.69. The van der Waals surface area contributed by atoms with Gasteiger partial charge < -0.3 is 5.32 Å². The molecule has 108 valence electrons. The minimum absolute atomic E-state index is 0.814. The molecule has 0 saturated carbocycles. The van der Waals surface area contributed by atoms with Crippen molar-refractivity contribution in [2.24, 2.45) is 10.2 Å². The average molecular weight is 352 g/mol. The van der Waals surface area contributed by atoms with Gasteiger partial charge in [0, 0.05) is 15.8 Å². The van der Waals surface area contributed by atoms with Crippen molar-refractivity contribution in [2.75, 3.05) is 5.32 Å². The van der Waals surface area contributed by atoms with E-state index < -0.39 is 0 Å². The summed E-state index contributed by atoms with van der Waals surface area (Å²) in [6.07, 6.45) is 0. The Kier molecular flexibility index (Phi) is 4.61. The van der Waals surface area contributed by atoms with Crippen molar-refractivity contribution in [2.45, 2.75) is 0 Å². The molecule has 0 bridgehead atoms. The van der Waals surface area contributed by atoms with Crippen molar-refractivity contribution in [1.29, 1.82) is 0 Å². The molecule has 3 rings (SSSR count). The smallest absolute Gasteiger partial charge is 0.0998 e. The molecule has 0 aromatic heterocycles. The Morgan fingerprint density at radius 1 is 0.636 bits per heavy atom. The van der Waals surface area contributed by atoms with Gasteiger partial charge in [-0.3, -0.25) is 0 Å². The van der Waals surface area contributed by atoms with E-state index in [2.05, 4.69) is 31.5 Å². The van der Waals surface area contributed by atoms with Gasteiger partial charge in [0.15, 0.2) is 0 Å². The largest absolute Gasteiger partial charge is 0.356 e. The van der Waals surface area contributed by atoms with Gasteiger partial charge in [0.2, 0.25) is 0 Å². The maximum absolute atomic E-state index is 4.25. The van der Waals surface area contributed by atoms with Crippen LogP contribution in [0.25, 0.3) is 0 Å². The molecule has 0 saturated heterocycles. The molecule has 1 N–H and O–H groups in total. The fourth-order valence-electron chi connectivity index (χ4n) is 1.94. The highest BCUT2D eigenvalue weighted by molar-refractivity contribution is 9.10. The summed E-state index contributed by atoms with van der Waals surface area (Å²) >= 11 is 3.45. The van der Waals surface area contributed by atoms with Crippen molar-refractivity contribution < 1.29 is 0 Å². The second-order valence-corrected chi connectivity index (χ2v) is 5.54. The first-order chi connectivity index (χ1) is 10.8. The predicted octanol–water partition coefficient (Wildman–Crippen LogP) is 6.61. The lowest BCUT2D eigenvalue weighted by Crippen LogP contribution is -1.88. The third-order valence-corrected chi connectivity index (χ3v) is 3.73. The molecule has 3 nitrogen and oxygen atoms in total. The number of azo groups is 1. The monoisotopic (exact) mass is 351 g/mol. The van der Waals surface area contributed by atoms with Crippen LogP contribution >= 0.6 is 15.9 Å². The number of nitrogens with zero attached hydrogens (tertiary/aromatic N) is 2. The number of nitrogens with one attached hydrogen (secondary N) is 1. The van der Waals surface area contributed by atoms with E-state index in [0.29, 0.717) is 0 Å². The lowest BCUT2D eigenvalue weighted by molar-refractivity contribution is 1.22. The van der Waals surface area contributed by atoms with Crippen molar-refractivity contribution in [3.05, 3.63) is 83.3 Å². The third-order valence-electron chi connectivity index (χ3n) is 3.06. The fraction of sp³-hybridized carbons (Fsp3) is 0. The first-order valence-electron chi connectivity index (χ1n) is 6.90. The van der Waals surface area contributed by atoms with Gasteiger partial charge >= 0.3 is 0 Å². The van der Waals surface area contributed by atoms with E-state index in [0.717, 1.165) is 27.2 Å². The lowest BCUT2D eigenvalue weighted by Gasteiger charge is -2.05. The number of para-hydroxylation sites is 1. The number of anilines is 2. The van der Waals surface area contributed by atoms with Crippen LogP contribution in [0.3, 0.4) is 0 Å². The van der Waals surface area contributed by atoms with Crippen LogP contribution in [0.1, 0.15) is 0 Å². The minimum Gasteiger partial charge on any atom is -0.356 e. The van der Waals surface area contributed by atoms with Gasteiger partial charge in [0.05, 0.1) is 11.4 Å². The molecule has 0 heterocycles. The molecule has 0 aliphatic rings. The molecule has 0 aliphatic carbocycles. The molecular weight excluding hydrogens is 338 g/mol. The van der Waals surface area contributed by atoms with Gasteiger partial charge in [0.25, 0.3) is 0 Å². The molecule has 4 heteroatoms. The molecule has 0 atom stereocenters. The molecule has 0 fully saturated rings. The van der Waals surface area contributed by atoms with Gasteiger partial charge in [-0.25, -0.2) is 0 Å². The highest BCUT2D eigenvalue weighted by Crippen LogP contribution is 2.27. The summed E-state index contributed by atoms with van der Waals surface area (Å²) in [4.78, 5) is 0. The minimum atomic E-state index is 0.814. The normalized spacial score (nSPS) is 10.8. The van der Waals surface area contributed by atoms with Crippen LogP contribution in [-0.4, -0.2) is 0 Å². The number of hydrogen-bond donors (Lipinski definition) is 1. The zero-order valence-corrected chi connectivity index (χ0v) is 13.4. The Morgan fingerprint density at radius 2 is 1.27 bits per heavy atom. The molecular formula is C18H14BrN3. The fourth-order valence-corrected chi connectivity index (χ4v) is 2.31. The van der Waals surface area contributed by atoms with Crippen LogP contribution < -0.4 is 5.32 Å². The van der Waals surface area contributed by atoms with E-state index in [-0.39, 0.29) is 0 Å². The number of rotatable bonds is 4. The predicted molar refractivity (Wildman–Crippen MR) is 94.5 cm³/mol. The van der Waals surface area contributed by atoms with Crippen molar-refractivity contribution in [3.8, 4) is 0 Å². The summed E-state index contributed by atoms with van der Waals surface area (Å²) in [7, 11) is 0. The Bertz CT molecular complexity index is 768. The molecule has 0 aliphatic heterocycles. The molecule has 3 aromatic carbocycles. The Hall–Kier alpha value is -2.46. The molecule has 3 aromatic rings. The van der Waals surface area contributed by atoms with Crippen LogP contribution in [0, 0.1) is 0 Å². The van der Waals surface area contributed by atoms with E-state index in [1.807, 2.05) is 78.9 Å². The summed E-state index contributed by atoms with van der Waals surface area (Å²) in [5, 5.41) is 11.8. The average Bonchev–Trinajstić information content (AvgIpc) is 2.56. The van der Waals surface area contributed by atoms with Crippen LogP contribution in [0.4, 0.5) is 22.7 Å². The highest BCUT2D eigenvalue weighted by atomic mass is 79.9. The Labute approximate surface area is 137 Å². The maximum atomic E-state index is 4.25. The Morgan fingerprint density at radius 3 is 2.00 bits per heavy atom. The summed E-state index contributed by atoms with van der Waals surface area (Å²) in [5.74, 6) is 0. The van der Waals surface area contributed by atoms with Crippen LogP contribution in [0.2, 0.25) is 0 Å². The van der Waals surface area contributed by atoms with Gasteiger partial charge in [0.1, 0.15) is 0 Å². The summed E-state index contributed by atoms with van der Waals surface area (Å²) < 4.78 is 0.932. The SMILES string of the molecule is Brc1ccccc1N=Nc1ccc(Nc2ccccc2)cc1. The zero-order chi connectivity index (χ0) is 15.2. The van der Waals surface area contributed by atoms with E-state index in [1.54, 1.807) is 0 Å². The number of benzene rings is 3. The van der Waals surface area contributed by atoms with Crippen LogP contribution in [0.5, 0.6) is 0 Å².